The highest BCUT2D eigenvalue weighted by Crippen LogP contribution is 2.32. The smallest absolute Gasteiger partial charge is 0.264 e. The number of nitrogens with zero attached hydrogens (tertiary/aromatic N) is 1. The van der Waals surface area contributed by atoms with Gasteiger partial charge in [-0.2, -0.15) is 0 Å². The van der Waals surface area contributed by atoms with Crippen molar-refractivity contribution in [2.24, 2.45) is 0 Å². The summed E-state index contributed by atoms with van der Waals surface area (Å²) < 4.78 is 22.5. The van der Waals surface area contributed by atoms with E-state index in [4.69, 9.17) is 39.5 Å². The first-order valence-electron chi connectivity index (χ1n) is 8.57. The van der Waals surface area contributed by atoms with E-state index in [1.807, 2.05) is 12.1 Å². The van der Waals surface area contributed by atoms with Crippen LogP contribution in [0, 0.1) is 5.82 Å². The average molecular weight is 464 g/mol. The SMILES string of the molecule is CSNC(=O)c1cc(Cl)c(OCC2CCCN2c2cc(Cl)cc(Cl)c2)cc1F. The summed E-state index contributed by atoms with van der Waals surface area (Å²) in [7, 11) is 0. The van der Waals surface area contributed by atoms with E-state index in [1.165, 1.54) is 6.07 Å². The second kappa shape index (κ2) is 9.44. The molecule has 1 unspecified atom stereocenters. The number of carbonyl (C=O) groups excluding carboxylic acids is 1. The lowest BCUT2D eigenvalue weighted by molar-refractivity contribution is 0.0980. The van der Waals surface area contributed by atoms with Crippen LogP contribution in [-0.2, 0) is 0 Å². The third-order valence-corrected chi connectivity index (χ3v) is 5.57. The molecule has 1 aliphatic heterocycles. The molecule has 1 N–H and O–H groups in total. The predicted octanol–water partition coefficient (Wildman–Crippen LogP) is 5.84. The molecule has 2 aromatic rings. The Labute approximate surface area is 182 Å². The van der Waals surface area contributed by atoms with Crippen LogP contribution in [0.5, 0.6) is 5.75 Å². The van der Waals surface area contributed by atoms with Gasteiger partial charge < -0.3 is 9.64 Å². The highest BCUT2D eigenvalue weighted by Gasteiger charge is 2.26. The Hall–Kier alpha value is -1.34. The van der Waals surface area contributed by atoms with Gasteiger partial charge in [0.05, 0.1) is 16.6 Å². The molecule has 0 aromatic heterocycles. The van der Waals surface area contributed by atoms with Gasteiger partial charge in [0.25, 0.3) is 5.91 Å². The fourth-order valence-electron chi connectivity index (χ4n) is 3.20. The van der Waals surface area contributed by atoms with Gasteiger partial charge in [0, 0.05) is 34.6 Å². The lowest BCUT2D eigenvalue weighted by Crippen LogP contribution is -2.34. The van der Waals surface area contributed by atoms with Crippen molar-refractivity contribution in [2.45, 2.75) is 18.9 Å². The van der Waals surface area contributed by atoms with Crippen LogP contribution in [0.25, 0.3) is 0 Å². The molecule has 2 aromatic carbocycles. The Morgan fingerprint density at radius 2 is 1.96 bits per heavy atom. The van der Waals surface area contributed by atoms with Crippen molar-refractivity contribution in [3.8, 4) is 5.75 Å². The number of halogens is 4. The van der Waals surface area contributed by atoms with Crippen LogP contribution in [0.2, 0.25) is 15.1 Å². The van der Waals surface area contributed by atoms with Gasteiger partial charge in [0.1, 0.15) is 18.2 Å². The molecule has 3 rings (SSSR count). The number of carbonyl (C=O) groups is 1. The topological polar surface area (TPSA) is 41.6 Å². The summed E-state index contributed by atoms with van der Waals surface area (Å²) in [4.78, 5) is 14.0. The van der Waals surface area contributed by atoms with E-state index in [-0.39, 0.29) is 22.4 Å². The highest BCUT2D eigenvalue weighted by atomic mass is 35.5. The van der Waals surface area contributed by atoms with Crippen LogP contribution >= 0.6 is 46.8 Å². The van der Waals surface area contributed by atoms with Crippen LogP contribution in [0.1, 0.15) is 23.2 Å². The first kappa shape index (κ1) is 21.4. The maximum absolute atomic E-state index is 14.3. The van der Waals surface area contributed by atoms with Gasteiger partial charge in [-0.15, -0.1) is 0 Å². The van der Waals surface area contributed by atoms with Crippen molar-refractivity contribution in [3.05, 3.63) is 56.8 Å². The van der Waals surface area contributed by atoms with Crippen molar-refractivity contribution < 1.29 is 13.9 Å². The van der Waals surface area contributed by atoms with Crippen molar-refractivity contribution in [2.75, 3.05) is 24.3 Å². The van der Waals surface area contributed by atoms with Crippen LogP contribution in [0.15, 0.2) is 30.3 Å². The number of nitrogens with one attached hydrogen (secondary N) is 1. The molecule has 0 spiro atoms. The summed E-state index contributed by atoms with van der Waals surface area (Å²) in [6, 6.07) is 7.90. The lowest BCUT2D eigenvalue weighted by atomic mass is 10.2. The molecule has 1 saturated heterocycles. The number of benzene rings is 2. The molecule has 1 amide bonds. The zero-order valence-electron chi connectivity index (χ0n) is 15.0. The minimum atomic E-state index is -0.684. The standard InChI is InChI=1S/C19H18Cl3FN2O2S/c1-28-24-19(26)15-8-16(22)18(9-17(15)23)27-10-13-3-2-4-25(13)14-6-11(20)5-12(21)7-14/h5-9,13H,2-4,10H2,1H3,(H,24,26). The fraction of sp³-hybridized carbons (Fsp3) is 0.316. The largest absolute Gasteiger partial charge is 0.490 e. The molecule has 0 radical (unpaired) electrons. The second-order valence-electron chi connectivity index (χ2n) is 6.33. The molecular weight excluding hydrogens is 446 g/mol. The molecule has 1 heterocycles. The Kier molecular flexibility index (Phi) is 7.20. The van der Waals surface area contributed by atoms with Gasteiger partial charge >= 0.3 is 0 Å². The Morgan fingerprint density at radius 1 is 1.25 bits per heavy atom. The Bertz CT molecular complexity index is 864. The zero-order chi connectivity index (χ0) is 20.3. The van der Waals surface area contributed by atoms with Gasteiger partial charge in [-0.3, -0.25) is 9.52 Å². The summed E-state index contributed by atoms with van der Waals surface area (Å²) in [6.07, 6.45) is 3.59. The molecule has 1 aliphatic rings. The maximum atomic E-state index is 14.3. The Balaban J connectivity index is 1.72. The third kappa shape index (κ3) is 4.98. The van der Waals surface area contributed by atoms with Crippen LogP contribution < -0.4 is 14.4 Å². The molecule has 150 valence electrons. The second-order valence-corrected chi connectivity index (χ2v) is 8.22. The highest BCUT2D eigenvalue weighted by molar-refractivity contribution is 7.97. The minimum Gasteiger partial charge on any atom is -0.490 e. The van der Waals surface area contributed by atoms with Gasteiger partial charge in [-0.1, -0.05) is 46.8 Å². The van der Waals surface area contributed by atoms with Crippen molar-refractivity contribution in [1.29, 1.82) is 0 Å². The maximum Gasteiger partial charge on any atom is 0.264 e. The number of anilines is 1. The molecular formula is C19H18Cl3FN2O2S. The zero-order valence-corrected chi connectivity index (χ0v) is 18.1. The predicted molar refractivity (Wildman–Crippen MR) is 115 cm³/mol. The Morgan fingerprint density at radius 3 is 2.64 bits per heavy atom. The average Bonchev–Trinajstić information content (AvgIpc) is 3.10. The molecule has 0 saturated carbocycles. The molecule has 0 bridgehead atoms. The van der Waals surface area contributed by atoms with Gasteiger partial charge in [-0.25, -0.2) is 4.39 Å². The van der Waals surface area contributed by atoms with E-state index < -0.39 is 11.7 Å². The van der Waals surface area contributed by atoms with Crippen molar-refractivity contribution in [3.63, 3.8) is 0 Å². The fourth-order valence-corrected chi connectivity index (χ4v) is 4.23. The number of hydrogen-bond donors (Lipinski definition) is 1. The van der Waals surface area contributed by atoms with Crippen molar-refractivity contribution >= 4 is 58.3 Å². The van der Waals surface area contributed by atoms with Gasteiger partial charge in [-0.05, 0) is 37.1 Å². The molecule has 28 heavy (non-hydrogen) atoms. The number of rotatable bonds is 6. The van der Waals surface area contributed by atoms with E-state index >= 15 is 0 Å². The van der Waals surface area contributed by atoms with E-state index in [9.17, 15) is 9.18 Å². The first-order valence-corrected chi connectivity index (χ1v) is 10.9. The molecule has 9 heteroatoms. The summed E-state index contributed by atoms with van der Waals surface area (Å²) in [5.41, 5.74) is 0.799. The van der Waals surface area contributed by atoms with Crippen molar-refractivity contribution in [1.82, 2.24) is 4.72 Å². The molecule has 1 atom stereocenters. The minimum absolute atomic E-state index is 0.0770. The summed E-state index contributed by atoms with van der Waals surface area (Å²) in [6.45, 7) is 1.17. The van der Waals surface area contributed by atoms with Gasteiger partial charge in [0.2, 0.25) is 0 Å². The molecule has 1 fully saturated rings. The van der Waals surface area contributed by atoms with E-state index in [0.717, 1.165) is 43.1 Å². The summed E-state index contributed by atoms with van der Waals surface area (Å²) in [5, 5.41) is 1.32. The van der Waals surface area contributed by atoms with Crippen LogP contribution in [0.4, 0.5) is 10.1 Å². The number of amides is 1. The number of hydrogen-bond acceptors (Lipinski definition) is 4. The monoisotopic (exact) mass is 462 g/mol. The quantitative estimate of drug-likeness (QED) is 0.546. The van der Waals surface area contributed by atoms with Crippen LogP contribution in [-0.4, -0.2) is 31.4 Å². The van der Waals surface area contributed by atoms with Gasteiger partial charge in [0.15, 0.2) is 0 Å². The van der Waals surface area contributed by atoms with Crippen LogP contribution in [0.3, 0.4) is 0 Å². The molecule has 0 aliphatic carbocycles. The summed E-state index contributed by atoms with van der Waals surface area (Å²) in [5.74, 6) is -1.02. The normalized spacial score (nSPS) is 16.3. The number of ether oxygens (including phenoxy) is 1. The first-order chi connectivity index (χ1) is 13.4. The molecule has 4 nitrogen and oxygen atoms in total. The van der Waals surface area contributed by atoms with E-state index in [0.29, 0.717) is 16.7 Å². The summed E-state index contributed by atoms with van der Waals surface area (Å²) >= 11 is 19.5. The lowest BCUT2D eigenvalue weighted by Gasteiger charge is -2.27. The third-order valence-electron chi connectivity index (χ3n) is 4.45. The van der Waals surface area contributed by atoms with E-state index in [2.05, 4.69) is 9.62 Å². The van der Waals surface area contributed by atoms with E-state index in [1.54, 1.807) is 12.3 Å².